The molecular weight excluding hydrogens is 286 g/mol. The second kappa shape index (κ2) is 5.15. The van der Waals surface area contributed by atoms with Gasteiger partial charge in [0.15, 0.2) is 0 Å². The summed E-state index contributed by atoms with van der Waals surface area (Å²) in [5.41, 5.74) is 10.6. The van der Waals surface area contributed by atoms with E-state index in [1.54, 1.807) is 12.1 Å². The van der Waals surface area contributed by atoms with E-state index in [1.807, 2.05) is 12.1 Å². The lowest BCUT2D eigenvalue weighted by atomic mass is 9.69. The number of rotatable bonds is 3. The predicted molar refractivity (Wildman–Crippen MR) is 89.2 cm³/mol. The summed E-state index contributed by atoms with van der Waals surface area (Å²) in [5.74, 6) is 0.602. The van der Waals surface area contributed by atoms with Gasteiger partial charge in [-0.05, 0) is 44.2 Å². The van der Waals surface area contributed by atoms with Crippen molar-refractivity contribution in [3.05, 3.63) is 46.9 Å². The highest BCUT2D eigenvalue weighted by Crippen LogP contribution is 2.43. The number of fused-ring (bicyclic) bond motifs is 1. The van der Waals surface area contributed by atoms with Crippen LogP contribution in [0.2, 0.25) is 0 Å². The number of nitrogens with two attached hydrogens (primary N) is 1. The first-order valence-electron chi connectivity index (χ1n) is 8.37. The first-order valence-corrected chi connectivity index (χ1v) is 8.37. The van der Waals surface area contributed by atoms with E-state index in [1.165, 1.54) is 30.5 Å². The summed E-state index contributed by atoms with van der Waals surface area (Å²) in [4.78, 5) is 21.1. The van der Waals surface area contributed by atoms with Gasteiger partial charge in [0.2, 0.25) is 5.91 Å². The minimum absolute atomic E-state index is 0.138. The molecule has 0 saturated heterocycles. The number of carbonyl (C=O) groups excluding carboxylic acids is 1. The van der Waals surface area contributed by atoms with E-state index < -0.39 is 5.91 Å². The van der Waals surface area contributed by atoms with Crippen LogP contribution in [-0.4, -0.2) is 15.9 Å². The van der Waals surface area contributed by atoms with Gasteiger partial charge in [0.25, 0.3) is 0 Å². The first kappa shape index (κ1) is 14.4. The normalized spacial score (nSPS) is 18.3. The number of hydrogen-bond acceptors (Lipinski definition) is 3. The number of amides is 1. The van der Waals surface area contributed by atoms with Crippen LogP contribution in [0.15, 0.2) is 24.3 Å². The molecule has 2 aromatic rings. The molecule has 118 valence electrons. The quantitative estimate of drug-likeness (QED) is 0.947. The first-order chi connectivity index (χ1) is 11.1. The van der Waals surface area contributed by atoms with Crippen molar-refractivity contribution in [2.75, 3.05) is 0 Å². The topological polar surface area (TPSA) is 68.9 Å². The Morgan fingerprint density at radius 2 is 1.83 bits per heavy atom. The standard InChI is InChI=1S/C19H21N3O/c1-19(10-3-11-19)18-21-15-5-2-4-14(15)16(22-18)12-6-8-13(9-7-12)17(20)23/h6-9H,2-5,10-11H2,1H3,(H2,20,23). The van der Waals surface area contributed by atoms with Crippen LogP contribution in [-0.2, 0) is 18.3 Å². The molecule has 2 aliphatic carbocycles. The van der Waals surface area contributed by atoms with Crippen LogP contribution in [0.25, 0.3) is 11.3 Å². The Hall–Kier alpha value is -2.23. The van der Waals surface area contributed by atoms with Crippen molar-refractivity contribution >= 4 is 5.91 Å². The summed E-state index contributed by atoms with van der Waals surface area (Å²) in [5, 5.41) is 0. The Labute approximate surface area is 136 Å². The molecule has 1 amide bonds. The molecule has 1 aromatic heterocycles. The fraction of sp³-hybridized carbons (Fsp3) is 0.421. The molecule has 0 unspecified atom stereocenters. The minimum Gasteiger partial charge on any atom is -0.366 e. The highest BCUT2D eigenvalue weighted by molar-refractivity contribution is 5.93. The van der Waals surface area contributed by atoms with Gasteiger partial charge >= 0.3 is 0 Å². The summed E-state index contributed by atoms with van der Waals surface area (Å²) >= 11 is 0. The zero-order valence-corrected chi connectivity index (χ0v) is 13.4. The summed E-state index contributed by atoms with van der Waals surface area (Å²) in [7, 11) is 0. The maximum Gasteiger partial charge on any atom is 0.248 e. The third-order valence-corrected chi connectivity index (χ3v) is 5.37. The summed E-state index contributed by atoms with van der Waals surface area (Å²) in [6, 6.07) is 7.47. The van der Waals surface area contributed by atoms with Crippen LogP contribution in [0, 0.1) is 0 Å². The third kappa shape index (κ3) is 2.33. The van der Waals surface area contributed by atoms with Gasteiger partial charge in [0.05, 0.1) is 5.69 Å². The lowest BCUT2D eigenvalue weighted by Crippen LogP contribution is -2.33. The SMILES string of the molecule is CC1(c2nc3c(c(-c4ccc(C(N)=O)cc4)n2)CCC3)CCC1. The van der Waals surface area contributed by atoms with Gasteiger partial charge in [-0.25, -0.2) is 9.97 Å². The Bertz CT molecular complexity index is 776. The Morgan fingerprint density at radius 3 is 2.43 bits per heavy atom. The number of benzene rings is 1. The molecule has 23 heavy (non-hydrogen) atoms. The number of carbonyl (C=O) groups is 1. The Kier molecular flexibility index (Phi) is 3.22. The molecule has 0 spiro atoms. The molecule has 1 fully saturated rings. The summed E-state index contributed by atoms with van der Waals surface area (Å²) in [6.07, 6.45) is 6.85. The number of hydrogen-bond donors (Lipinski definition) is 1. The van der Waals surface area contributed by atoms with Crippen molar-refractivity contribution in [2.24, 2.45) is 5.73 Å². The molecule has 1 heterocycles. The van der Waals surface area contributed by atoms with Gasteiger partial charge in [-0.15, -0.1) is 0 Å². The maximum atomic E-state index is 11.3. The van der Waals surface area contributed by atoms with Crippen molar-refractivity contribution in [3.63, 3.8) is 0 Å². The van der Waals surface area contributed by atoms with Crippen LogP contribution in [0.4, 0.5) is 0 Å². The fourth-order valence-corrected chi connectivity index (χ4v) is 3.66. The van der Waals surface area contributed by atoms with Gasteiger partial charge in [0, 0.05) is 27.8 Å². The van der Waals surface area contributed by atoms with E-state index in [0.717, 1.165) is 36.3 Å². The van der Waals surface area contributed by atoms with E-state index in [2.05, 4.69) is 6.92 Å². The Balaban J connectivity index is 1.82. The molecule has 0 atom stereocenters. The molecule has 4 heteroatoms. The monoisotopic (exact) mass is 307 g/mol. The van der Waals surface area contributed by atoms with Gasteiger partial charge in [-0.1, -0.05) is 25.5 Å². The van der Waals surface area contributed by atoms with Crippen LogP contribution in [0.1, 0.15) is 60.0 Å². The Morgan fingerprint density at radius 1 is 1.09 bits per heavy atom. The zero-order chi connectivity index (χ0) is 16.0. The number of primary amides is 1. The smallest absolute Gasteiger partial charge is 0.248 e. The lowest BCUT2D eigenvalue weighted by Gasteiger charge is -2.37. The molecular formula is C19H21N3O. The lowest BCUT2D eigenvalue weighted by molar-refractivity contribution is 0.100. The van der Waals surface area contributed by atoms with Crippen molar-refractivity contribution in [1.82, 2.24) is 9.97 Å². The molecule has 0 bridgehead atoms. The molecule has 0 aliphatic heterocycles. The van der Waals surface area contributed by atoms with Gasteiger partial charge in [0.1, 0.15) is 5.82 Å². The van der Waals surface area contributed by atoms with Crippen LogP contribution >= 0.6 is 0 Å². The molecule has 1 saturated carbocycles. The van der Waals surface area contributed by atoms with Gasteiger partial charge in [-0.2, -0.15) is 0 Å². The minimum atomic E-state index is -0.396. The molecule has 2 aliphatic rings. The van der Waals surface area contributed by atoms with E-state index in [9.17, 15) is 4.79 Å². The number of aromatic nitrogens is 2. The largest absolute Gasteiger partial charge is 0.366 e. The molecule has 4 nitrogen and oxygen atoms in total. The van der Waals surface area contributed by atoms with E-state index in [0.29, 0.717) is 5.56 Å². The summed E-state index contributed by atoms with van der Waals surface area (Å²) < 4.78 is 0. The van der Waals surface area contributed by atoms with Crippen LogP contribution in [0.5, 0.6) is 0 Å². The maximum absolute atomic E-state index is 11.3. The van der Waals surface area contributed by atoms with Crippen molar-refractivity contribution in [1.29, 1.82) is 0 Å². The van der Waals surface area contributed by atoms with Crippen molar-refractivity contribution < 1.29 is 4.79 Å². The van der Waals surface area contributed by atoms with Crippen LogP contribution in [0.3, 0.4) is 0 Å². The molecule has 2 N–H and O–H groups in total. The second-order valence-corrected chi connectivity index (χ2v) is 7.03. The average Bonchev–Trinajstić information content (AvgIpc) is 3.00. The third-order valence-electron chi connectivity index (χ3n) is 5.37. The highest BCUT2D eigenvalue weighted by Gasteiger charge is 2.37. The molecule has 0 radical (unpaired) electrons. The van der Waals surface area contributed by atoms with Crippen LogP contribution < -0.4 is 5.73 Å². The van der Waals surface area contributed by atoms with E-state index in [4.69, 9.17) is 15.7 Å². The van der Waals surface area contributed by atoms with E-state index in [-0.39, 0.29) is 5.41 Å². The average molecular weight is 307 g/mol. The van der Waals surface area contributed by atoms with E-state index >= 15 is 0 Å². The van der Waals surface area contributed by atoms with Crippen molar-refractivity contribution in [3.8, 4) is 11.3 Å². The second-order valence-electron chi connectivity index (χ2n) is 7.03. The van der Waals surface area contributed by atoms with Gasteiger partial charge in [-0.3, -0.25) is 4.79 Å². The highest BCUT2D eigenvalue weighted by atomic mass is 16.1. The summed E-state index contributed by atoms with van der Waals surface area (Å²) in [6.45, 7) is 2.27. The van der Waals surface area contributed by atoms with Crippen molar-refractivity contribution in [2.45, 2.75) is 50.9 Å². The number of nitrogens with zero attached hydrogens (tertiary/aromatic N) is 2. The zero-order valence-electron chi connectivity index (χ0n) is 13.4. The molecule has 1 aromatic carbocycles. The predicted octanol–water partition coefficient (Wildman–Crippen LogP) is 3.17. The molecule has 4 rings (SSSR count). The number of aryl methyl sites for hydroxylation is 1. The van der Waals surface area contributed by atoms with Gasteiger partial charge < -0.3 is 5.73 Å². The fourth-order valence-electron chi connectivity index (χ4n) is 3.66.